The van der Waals surface area contributed by atoms with E-state index < -0.39 is 0 Å². The first-order valence-electron chi connectivity index (χ1n) is 4.71. The molecule has 1 fully saturated rings. The van der Waals surface area contributed by atoms with Crippen LogP contribution < -0.4 is 5.32 Å². The zero-order valence-electron chi connectivity index (χ0n) is 8.29. The second kappa shape index (κ2) is 4.86. The van der Waals surface area contributed by atoms with Gasteiger partial charge in [0.2, 0.25) is 5.91 Å². The molecule has 1 N–H and O–H groups in total. The van der Waals surface area contributed by atoms with Gasteiger partial charge in [-0.2, -0.15) is 12.6 Å². The molecular formula is C9H18N2OS. The minimum absolute atomic E-state index is 0.0329. The maximum atomic E-state index is 10.9. The fraction of sp³-hybridized carbons (Fsp3) is 0.889. The molecule has 0 aromatic rings. The summed E-state index contributed by atoms with van der Waals surface area (Å²) in [5, 5.41) is 2.87. The molecule has 2 unspecified atom stereocenters. The quantitative estimate of drug-likeness (QED) is 0.648. The van der Waals surface area contributed by atoms with Crippen LogP contribution >= 0.6 is 12.6 Å². The second-order valence-electron chi connectivity index (χ2n) is 3.85. The number of hydrogen-bond acceptors (Lipinski definition) is 3. The van der Waals surface area contributed by atoms with Crippen molar-refractivity contribution in [3.63, 3.8) is 0 Å². The molecule has 1 aliphatic heterocycles. The fourth-order valence-corrected chi connectivity index (χ4v) is 1.90. The second-order valence-corrected chi connectivity index (χ2v) is 4.17. The third kappa shape index (κ3) is 3.19. The maximum Gasteiger partial charge on any atom is 0.229 e. The highest BCUT2D eigenvalue weighted by Crippen LogP contribution is 2.19. The summed E-state index contributed by atoms with van der Waals surface area (Å²) in [5.74, 6) is 0.937. The van der Waals surface area contributed by atoms with E-state index in [0.717, 1.165) is 13.1 Å². The first-order valence-corrected chi connectivity index (χ1v) is 5.34. The smallest absolute Gasteiger partial charge is 0.229 e. The average molecular weight is 202 g/mol. The largest absolute Gasteiger partial charge is 0.355 e. The Bertz CT molecular complexity index is 176. The van der Waals surface area contributed by atoms with Crippen molar-refractivity contribution < 1.29 is 4.79 Å². The van der Waals surface area contributed by atoms with Gasteiger partial charge in [0.15, 0.2) is 0 Å². The van der Waals surface area contributed by atoms with Gasteiger partial charge >= 0.3 is 0 Å². The third-order valence-corrected chi connectivity index (χ3v) is 2.99. The number of thiol groups is 1. The molecule has 1 amide bonds. The number of nitrogens with zero attached hydrogens (tertiary/aromatic N) is 1. The van der Waals surface area contributed by atoms with Gasteiger partial charge in [-0.05, 0) is 26.3 Å². The van der Waals surface area contributed by atoms with Gasteiger partial charge in [-0.15, -0.1) is 0 Å². The lowest BCUT2D eigenvalue weighted by Gasteiger charge is -2.12. The normalized spacial score (nSPS) is 29.2. The van der Waals surface area contributed by atoms with Crippen molar-refractivity contribution in [1.82, 2.24) is 10.2 Å². The first kappa shape index (κ1) is 10.9. The number of carbonyl (C=O) groups is 1. The summed E-state index contributed by atoms with van der Waals surface area (Å²) < 4.78 is 0. The molecule has 0 aromatic heterocycles. The molecular weight excluding hydrogens is 184 g/mol. The Kier molecular flexibility index (Phi) is 4.06. The topological polar surface area (TPSA) is 32.3 Å². The van der Waals surface area contributed by atoms with Crippen LogP contribution in [0, 0.1) is 5.92 Å². The number of rotatable bonds is 3. The Labute approximate surface area is 85.3 Å². The van der Waals surface area contributed by atoms with Crippen molar-refractivity contribution >= 4 is 18.5 Å². The van der Waals surface area contributed by atoms with E-state index in [-0.39, 0.29) is 11.7 Å². The molecule has 0 radical (unpaired) electrons. The predicted molar refractivity (Wildman–Crippen MR) is 57.1 cm³/mol. The van der Waals surface area contributed by atoms with E-state index in [1.165, 1.54) is 6.42 Å². The third-order valence-electron chi connectivity index (χ3n) is 2.70. The van der Waals surface area contributed by atoms with Crippen LogP contribution in [0.25, 0.3) is 0 Å². The summed E-state index contributed by atoms with van der Waals surface area (Å²) in [7, 11) is 2.13. The summed E-state index contributed by atoms with van der Waals surface area (Å²) in [5.41, 5.74) is 0. The van der Waals surface area contributed by atoms with Crippen molar-refractivity contribution in [1.29, 1.82) is 0 Å². The van der Waals surface area contributed by atoms with Gasteiger partial charge in [-0.1, -0.05) is 0 Å². The Morgan fingerprint density at radius 1 is 1.69 bits per heavy atom. The highest BCUT2D eigenvalue weighted by Gasteiger charge is 2.25. The molecule has 1 rings (SSSR count). The van der Waals surface area contributed by atoms with Crippen LogP contribution in [0.15, 0.2) is 0 Å². The van der Waals surface area contributed by atoms with E-state index in [9.17, 15) is 4.79 Å². The van der Waals surface area contributed by atoms with Gasteiger partial charge in [-0.3, -0.25) is 4.79 Å². The van der Waals surface area contributed by atoms with Gasteiger partial charge in [0.05, 0.1) is 5.75 Å². The van der Waals surface area contributed by atoms with Crippen molar-refractivity contribution in [3.8, 4) is 0 Å². The Hall–Kier alpha value is -0.220. The van der Waals surface area contributed by atoms with Crippen LogP contribution in [0.5, 0.6) is 0 Å². The summed E-state index contributed by atoms with van der Waals surface area (Å²) in [6.07, 6.45) is 1.18. The van der Waals surface area contributed by atoms with Crippen LogP contribution in [0.2, 0.25) is 0 Å². The van der Waals surface area contributed by atoms with Gasteiger partial charge in [0.1, 0.15) is 0 Å². The molecule has 0 aromatic carbocycles. The lowest BCUT2D eigenvalue weighted by Crippen LogP contribution is -2.31. The highest BCUT2D eigenvalue weighted by atomic mass is 32.1. The lowest BCUT2D eigenvalue weighted by atomic mass is 10.1. The fourth-order valence-electron chi connectivity index (χ4n) is 1.79. The highest BCUT2D eigenvalue weighted by molar-refractivity contribution is 7.81. The molecule has 0 saturated carbocycles. The lowest BCUT2D eigenvalue weighted by molar-refractivity contribution is -0.118. The van der Waals surface area contributed by atoms with Crippen molar-refractivity contribution in [3.05, 3.63) is 0 Å². The zero-order chi connectivity index (χ0) is 9.84. The monoisotopic (exact) mass is 202 g/mol. The molecule has 76 valence electrons. The molecule has 13 heavy (non-hydrogen) atoms. The van der Waals surface area contributed by atoms with Crippen molar-refractivity contribution in [2.75, 3.05) is 25.9 Å². The predicted octanol–water partition coefficient (Wildman–Crippen LogP) is 0.373. The van der Waals surface area contributed by atoms with E-state index in [4.69, 9.17) is 0 Å². The van der Waals surface area contributed by atoms with Crippen LogP contribution in [0.1, 0.15) is 13.3 Å². The molecule has 2 atom stereocenters. The summed E-state index contributed by atoms with van der Waals surface area (Å²) in [6, 6.07) is 0.651. The van der Waals surface area contributed by atoms with Gasteiger partial charge < -0.3 is 10.2 Å². The molecule has 1 heterocycles. The SMILES string of the molecule is CC1CC(CNC(=O)CS)CN1C. The van der Waals surface area contributed by atoms with E-state index in [1.54, 1.807) is 0 Å². The molecule has 0 spiro atoms. The summed E-state index contributed by atoms with van der Waals surface area (Å²) >= 11 is 3.91. The molecule has 4 heteroatoms. The van der Waals surface area contributed by atoms with Crippen molar-refractivity contribution in [2.45, 2.75) is 19.4 Å². The van der Waals surface area contributed by atoms with E-state index >= 15 is 0 Å². The van der Waals surface area contributed by atoms with E-state index in [2.05, 4.69) is 36.8 Å². The Morgan fingerprint density at radius 2 is 2.38 bits per heavy atom. The molecule has 0 aliphatic carbocycles. The Balaban J connectivity index is 2.20. The van der Waals surface area contributed by atoms with Crippen LogP contribution in [-0.4, -0.2) is 42.7 Å². The first-order chi connectivity index (χ1) is 6.13. The molecule has 3 nitrogen and oxygen atoms in total. The minimum atomic E-state index is 0.0329. The number of likely N-dealkylation sites (tertiary alicyclic amines) is 1. The average Bonchev–Trinajstić information content (AvgIpc) is 2.42. The van der Waals surface area contributed by atoms with Crippen LogP contribution in [0.4, 0.5) is 0 Å². The van der Waals surface area contributed by atoms with Gasteiger partial charge in [0.25, 0.3) is 0 Å². The molecule has 0 bridgehead atoms. The van der Waals surface area contributed by atoms with Gasteiger partial charge in [-0.25, -0.2) is 0 Å². The standard InChI is InChI=1S/C9H18N2OS/c1-7-3-8(5-11(7)2)4-10-9(12)6-13/h7-8,13H,3-6H2,1-2H3,(H,10,12). The van der Waals surface area contributed by atoms with Crippen LogP contribution in [-0.2, 0) is 4.79 Å². The zero-order valence-corrected chi connectivity index (χ0v) is 9.18. The number of nitrogens with one attached hydrogen (secondary N) is 1. The maximum absolute atomic E-state index is 10.9. The molecule has 1 aliphatic rings. The summed E-state index contributed by atoms with van der Waals surface area (Å²) in [6.45, 7) is 4.11. The van der Waals surface area contributed by atoms with Gasteiger partial charge in [0, 0.05) is 19.1 Å². The number of hydrogen-bond donors (Lipinski definition) is 2. The van der Waals surface area contributed by atoms with E-state index in [1.807, 2.05) is 0 Å². The summed E-state index contributed by atoms with van der Waals surface area (Å²) in [4.78, 5) is 13.3. The molecule has 1 saturated heterocycles. The van der Waals surface area contributed by atoms with Crippen LogP contribution in [0.3, 0.4) is 0 Å². The number of amides is 1. The minimum Gasteiger partial charge on any atom is -0.355 e. The number of carbonyl (C=O) groups excluding carboxylic acids is 1. The van der Waals surface area contributed by atoms with E-state index in [0.29, 0.717) is 12.0 Å². The Morgan fingerprint density at radius 3 is 2.85 bits per heavy atom. The van der Waals surface area contributed by atoms with Crippen molar-refractivity contribution in [2.24, 2.45) is 5.92 Å².